The molecule has 0 atom stereocenters. The van der Waals surface area contributed by atoms with E-state index < -0.39 is 12.5 Å². The quantitative estimate of drug-likeness (QED) is 0.542. The Balaban J connectivity index is 1.26. The second-order valence-corrected chi connectivity index (χ2v) is 7.79. The Morgan fingerprint density at radius 1 is 1.06 bits per heavy atom. The molecule has 9 nitrogen and oxygen atoms in total. The summed E-state index contributed by atoms with van der Waals surface area (Å²) in [5, 5.41) is 3.35. The molecule has 0 spiro atoms. The molecule has 0 radical (unpaired) electrons. The Morgan fingerprint density at radius 3 is 2.59 bits per heavy atom. The number of hydrogen-bond acceptors (Lipinski definition) is 7. The first kappa shape index (κ1) is 23.3. The molecule has 3 aromatic rings. The summed E-state index contributed by atoms with van der Waals surface area (Å²) in [5.74, 6) is 0.178. The minimum absolute atomic E-state index is 0.123. The predicted molar refractivity (Wildman–Crippen MR) is 121 cm³/mol. The molecule has 3 N–H and O–H groups in total. The summed E-state index contributed by atoms with van der Waals surface area (Å²) < 4.78 is 29.0. The van der Waals surface area contributed by atoms with E-state index in [-0.39, 0.29) is 23.8 Å². The second-order valence-electron chi connectivity index (χ2n) is 7.79. The van der Waals surface area contributed by atoms with Gasteiger partial charge in [0.2, 0.25) is 5.91 Å². The van der Waals surface area contributed by atoms with Crippen LogP contribution < -0.4 is 15.8 Å². The molecule has 2 amide bonds. The molecule has 0 unspecified atom stereocenters. The summed E-state index contributed by atoms with van der Waals surface area (Å²) in [4.78, 5) is 37.6. The van der Waals surface area contributed by atoms with Crippen molar-refractivity contribution in [2.75, 3.05) is 38.5 Å². The largest absolute Gasteiger partial charge is 0.435 e. The molecule has 2 aromatic carbocycles. The molecular formula is C23H24F2N6O3. The van der Waals surface area contributed by atoms with E-state index in [0.29, 0.717) is 44.4 Å². The number of nitrogens with two attached hydrogens (primary N) is 1. The number of fused-ring (bicyclic) bond motifs is 1. The molecule has 2 heterocycles. The van der Waals surface area contributed by atoms with Gasteiger partial charge < -0.3 is 20.7 Å². The topological polar surface area (TPSA) is 114 Å². The van der Waals surface area contributed by atoms with Crippen molar-refractivity contribution in [2.45, 2.75) is 13.2 Å². The number of amides is 2. The predicted octanol–water partition coefficient (Wildman–Crippen LogP) is 1.89. The molecule has 0 aliphatic carbocycles. The number of benzene rings is 2. The lowest BCUT2D eigenvalue weighted by Crippen LogP contribution is -2.51. The monoisotopic (exact) mass is 470 g/mol. The van der Waals surface area contributed by atoms with Gasteiger partial charge in [-0.05, 0) is 30.3 Å². The number of nitrogens with one attached hydrogen (secondary N) is 1. The first-order valence-electron chi connectivity index (χ1n) is 10.7. The minimum atomic E-state index is -2.98. The molecule has 34 heavy (non-hydrogen) atoms. The highest BCUT2D eigenvalue weighted by molar-refractivity contribution is 5.96. The number of anilines is 1. The number of aromatic nitrogens is 2. The average Bonchev–Trinajstić information content (AvgIpc) is 2.82. The van der Waals surface area contributed by atoms with Gasteiger partial charge in [0.15, 0.2) is 0 Å². The van der Waals surface area contributed by atoms with Crippen molar-refractivity contribution < 1.29 is 23.1 Å². The molecule has 1 fully saturated rings. The number of piperazine rings is 1. The molecule has 1 aliphatic heterocycles. The highest BCUT2D eigenvalue weighted by Gasteiger charge is 2.22. The number of hydrogen-bond donors (Lipinski definition) is 2. The van der Waals surface area contributed by atoms with Gasteiger partial charge in [-0.2, -0.15) is 8.78 Å². The van der Waals surface area contributed by atoms with Crippen LogP contribution in [-0.4, -0.2) is 70.9 Å². The molecule has 0 saturated carbocycles. The van der Waals surface area contributed by atoms with E-state index in [1.54, 1.807) is 4.90 Å². The third-order valence-electron chi connectivity index (χ3n) is 5.49. The summed E-state index contributed by atoms with van der Waals surface area (Å²) in [7, 11) is 0. The normalized spacial score (nSPS) is 14.4. The maximum atomic E-state index is 12.5. The van der Waals surface area contributed by atoms with E-state index in [1.165, 1.54) is 24.3 Å². The zero-order chi connectivity index (χ0) is 24.1. The number of nitrogens with zero attached hydrogens (tertiary/aromatic N) is 4. The maximum absolute atomic E-state index is 12.5. The Morgan fingerprint density at radius 2 is 1.82 bits per heavy atom. The molecule has 4 rings (SSSR count). The van der Waals surface area contributed by atoms with Crippen LogP contribution in [0.25, 0.3) is 10.9 Å². The molecule has 1 aromatic heterocycles. The van der Waals surface area contributed by atoms with E-state index in [9.17, 15) is 18.4 Å². The van der Waals surface area contributed by atoms with Crippen molar-refractivity contribution in [3.8, 4) is 5.75 Å². The standard InChI is InChI=1S/C23H24F2N6O3/c24-23(25)34-16-5-3-4-15(12-16)22(33)27-13-20(32)31-10-8-30(9-11-31)14-19-28-18-7-2-1-6-17(18)21(26)29-19/h1-7,12,23H,8-11,13-14H2,(H,27,33)(H2,26,28,29). The van der Waals surface area contributed by atoms with Crippen molar-refractivity contribution >= 4 is 28.5 Å². The summed E-state index contributed by atoms with van der Waals surface area (Å²) in [6.07, 6.45) is 0. The van der Waals surface area contributed by atoms with Crippen LogP contribution in [0.2, 0.25) is 0 Å². The average molecular weight is 470 g/mol. The van der Waals surface area contributed by atoms with Crippen molar-refractivity contribution in [1.29, 1.82) is 0 Å². The number of carbonyl (C=O) groups excluding carboxylic acids is 2. The van der Waals surface area contributed by atoms with Gasteiger partial charge in [-0.15, -0.1) is 0 Å². The molecule has 1 aliphatic rings. The SMILES string of the molecule is Nc1nc(CN2CCN(C(=O)CNC(=O)c3cccc(OC(F)F)c3)CC2)nc2ccccc12. The smallest absolute Gasteiger partial charge is 0.387 e. The van der Waals surface area contributed by atoms with E-state index in [0.717, 1.165) is 10.9 Å². The van der Waals surface area contributed by atoms with Gasteiger partial charge in [0.05, 0.1) is 18.6 Å². The number of ether oxygens (including phenoxy) is 1. The minimum Gasteiger partial charge on any atom is -0.435 e. The zero-order valence-corrected chi connectivity index (χ0v) is 18.3. The number of carbonyl (C=O) groups is 2. The molecule has 11 heteroatoms. The molecule has 0 bridgehead atoms. The Bertz CT molecular complexity index is 1180. The van der Waals surface area contributed by atoms with Crippen LogP contribution in [0, 0.1) is 0 Å². The maximum Gasteiger partial charge on any atom is 0.387 e. The van der Waals surface area contributed by atoms with Crippen LogP contribution in [0.4, 0.5) is 14.6 Å². The van der Waals surface area contributed by atoms with Gasteiger partial charge in [-0.1, -0.05) is 18.2 Å². The lowest BCUT2D eigenvalue weighted by Gasteiger charge is -2.34. The van der Waals surface area contributed by atoms with Crippen LogP contribution in [0.1, 0.15) is 16.2 Å². The van der Waals surface area contributed by atoms with E-state index in [2.05, 4.69) is 24.9 Å². The first-order chi connectivity index (χ1) is 16.4. The van der Waals surface area contributed by atoms with Gasteiger partial charge in [-0.3, -0.25) is 14.5 Å². The summed E-state index contributed by atoms with van der Waals surface area (Å²) in [6.45, 7) is -0.409. The number of rotatable bonds is 7. The molecular weight excluding hydrogens is 446 g/mol. The summed E-state index contributed by atoms with van der Waals surface area (Å²) >= 11 is 0. The third-order valence-corrected chi connectivity index (χ3v) is 5.49. The van der Waals surface area contributed by atoms with Crippen LogP contribution in [-0.2, 0) is 11.3 Å². The third kappa shape index (κ3) is 5.73. The Labute approximate surface area is 194 Å². The Kier molecular flexibility index (Phi) is 7.12. The lowest BCUT2D eigenvalue weighted by atomic mass is 10.2. The highest BCUT2D eigenvalue weighted by Crippen LogP contribution is 2.18. The van der Waals surface area contributed by atoms with Gasteiger partial charge >= 0.3 is 6.61 Å². The van der Waals surface area contributed by atoms with Crippen LogP contribution in [0.3, 0.4) is 0 Å². The molecule has 178 valence electrons. The van der Waals surface area contributed by atoms with E-state index in [1.807, 2.05) is 24.3 Å². The number of alkyl halides is 2. The zero-order valence-electron chi connectivity index (χ0n) is 18.3. The fourth-order valence-corrected chi connectivity index (χ4v) is 3.76. The van der Waals surface area contributed by atoms with Crippen molar-refractivity contribution in [3.05, 3.63) is 59.9 Å². The summed E-state index contributed by atoms with van der Waals surface area (Å²) in [5.41, 5.74) is 6.98. The van der Waals surface area contributed by atoms with Crippen molar-refractivity contribution in [2.24, 2.45) is 0 Å². The van der Waals surface area contributed by atoms with Crippen LogP contribution in [0.5, 0.6) is 5.75 Å². The number of nitrogen functional groups attached to an aromatic ring is 1. The van der Waals surface area contributed by atoms with E-state index in [4.69, 9.17) is 5.73 Å². The van der Waals surface area contributed by atoms with Crippen LogP contribution in [0.15, 0.2) is 48.5 Å². The van der Waals surface area contributed by atoms with Gasteiger partial charge in [0, 0.05) is 37.1 Å². The van der Waals surface area contributed by atoms with Crippen molar-refractivity contribution in [1.82, 2.24) is 25.1 Å². The first-order valence-corrected chi connectivity index (χ1v) is 10.7. The summed E-state index contributed by atoms with van der Waals surface area (Å²) in [6, 6.07) is 13.0. The Hall–Kier alpha value is -3.86. The van der Waals surface area contributed by atoms with Gasteiger partial charge in [0.1, 0.15) is 17.4 Å². The van der Waals surface area contributed by atoms with Crippen molar-refractivity contribution in [3.63, 3.8) is 0 Å². The van der Waals surface area contributed by atoms with Gasteiger partial charge in [-0.25, -0.2) is 9.97 Å². The lowest BCUT2D eigenvalue weighted by molar-refractivity contribution is -0.131. The second kappa shape index (κ2) is 10.4. The molecule has 1 saturated heterocycles. The number of halogens is 2. The highest BCUT2D eigenvalue weighted by atomic mass is 19.3. The fraction of sp³-hybridized carbons (Fsp3) is 0.304. The number of para-hydroxylation sites is 1. The van der Waals surface area contributed by atoms with Gasteiger partial charge in [0.25, 0.3) is 5.91 Å². The van der Waals surface area contributed by atoms with E-state index >= 15 is 0 Å². The van der Waals surface area contributed by atoms with Crippen LogP contribution >= 0.6 is 0 Å². The fourth-order valence-electron chi connectivity index (χ4n) is 3.76.